The van der Waals surface area contributed by atoms with Crippen LogP contribution in [0.15, 0.2) is 72.9 Å². The first-order valence-electron chi connectivity index (χ1n) is 9.03. The smallest absolute Gasteiger partial charge is 0.270 e. The number of carbonyl (C=O) groups excluding carboxylic acids is 1. The topological polar surface area (TPSA) is 72.5 Å². The number of carbonyl (C=O) groups is 1. The molecule has 0 saturated carbocycles. The molecule has 3 rings (SSSR count). The lowest BCUT2D eigenvalue weighted by atomic mass is 10.2. The minimum Gasteiger partial charge on any atom is -0.497 e. The fourth-order valence-electron chi connectivity index (χ4n) is 2.57. The minimum atomic E-state index is -0.206. The molecule has 0 atom stereocenters. The van der Waals surface area contributed by atoms with Crippen molar-refractivity contribution in [1.82, 2.24) is 10.3 Å². The largest absolute Gasteiger partial charge is 0.497 e. The van der Waals surface area contributed by atoms with Crippen molar-refractivity contribution in [3.63, 3.8) is 0 Å². The molecule has 0 saturated heterocycles. The van der Waals surface area contributed by atoms with E-state index < -0.39 is 0 Å². The second-order valence-electron chi connectivity index (χ2n) is 6.05. The Morgan fingerprint density at radius 3 is 2.50 bits per heavy atom. The van der Waals surface area contributed by atoms with E-state index in [1.165, 1.54) is 0 Å². The van der Waals surface area contributed by atoms with E-state index in [1.807, 2.05) is 60.7 Å². The normalized spacial score (nSPS) is 10.2. The van der Waals surface area contributed by atoms with E-state index in [4.69, 9.17) is 9.47 Å². The molecule has 0 spiro atoms. The SMILES string of the molecule is COc1ccc(OCCNc2ccnc(C(=O)NCc3ccccc3)c2)cc1. The van der Waals surface area contributed by atoms with Gasteiger partial charge in [0.2, 0.25) is 0 Å². The number of hydrogen-bond acceptors (Lipinski definition) is 5. The van der Waals surface area contributed by atoms with Crippen LogP contribution in [0.5, 0.6) is 11.5 Å². The molecule has 0 radical (unpaired) electrons. The number of nitrogens with one attached hydrogen (secondary N) is 2. The van der Waals surface area contributed by atoms with Crippen LogP contribution in [0.25, 0.3) is 0 Å². The summed E-state index contributed by atoms with van der Waals surface area (Å²) in [5, 5.41) is 6.11. The van der Waals surface area contributed by atoms with Crippen LogP contribution in [0.4, 0.5) is 5.69 Å². The average molecular weight is 377 g/mol. The third kappa shape index (κ3) is 5.74. The van der Waals surface area contributed by atoms with E-state index in [9.17, 15) is 4.79 Å². The Kier molecular flexibility index (Phi) is 6.84. The first-order valence-corrected chi connectivity index (χ1v) is 9.03. The van der Waals surface area contributed by atoms with Gasteiger partial charge < -0.3 is 20.1 Å². The van der Waals surface area contributed by atoms with Crippen LogP contribution >= 0.6 is 0 Å². The number of pyridine rings is 1. The summed E-state index contributed by atoms with van der Waals surface area (Å²) in [6, 6.07) is 20.7. The van der Waals surface area contributed by atoms with Gasteiger partial charge in [0, 0.05) is 25.0 Å². The Morgan fingerprint density at radius 2 is 1.75 bits per heavy atom. The van der Waals surface area contributed by atoms with Crippen molar-refractivity contribution < 1.29 is 14.3 Å². The van der Waals surface area contributed by atoms with Gasteiger partial charge in [0.15, 0.2) is 0 Å². The third-order valence-electron chi connectivity index (χ3n) is 4.05. The monoisotopic (exact) mass is 377 g/mol. The molecule has 1 aromatic heterocycles. The number of amides is 1. The number of hydrogen-bond donors (Lipinski definition) is 2. The molecule has 0 aliphatic heterocycles. The molecular formula is C22H23N3O3. The van der Waals surface area contributed by atoms with Gasteiger partial charge in [0.1, 0.15) is 23.8 Å². The lowest BCUT2D eigenvalue weighted by molar-refractivity contribution is 0.0946. The Hall–Kier alpha value is -3.54. The van der Waals surface area contributed by atoms with Gasteiger partial charge >= 0.3 is 0 Å². The van der Waals surface area contributed by atoms with Crippen molar-refractivity contribution in [2.24, 2.45) is 0 Å². The third-order valence-corrected chi connectivity index (χ3v) is 4.05. The van der Waals surface area contributed by atoms with E-state index in [-0.39, 0.29) is 5.91 Å². The molecule has 1 heterocycles. The molecule has 6 nitrogen and oxygen atoms in total. The number of anilines is 1. The summed E-state index contributed by atoms with van der Waals surface area (Å²) in [6.07, 6.45) is 1.62. The number of rotatable bonds is 9. The summed E-state index contributed by atoms with van der Waals surface area (Å²) < 4.78 is 10.8. The molecule has 1 amide bonds. The summed E-state index contributed by atoms with van der Waals surface area (Å²) in [5.41, 5.74) is 2.23. The summed E-state index contributed by atoms with van der Waals surface area (Å²) >= 11 is 0. The van der Waals surface area contributed by atoms with Gasteiger partial charge in [-0.3, -0.25) is 9.78 Å². The lowest BCUT2D eigenvalue weighted by Crippen LogP contribution is -2.24. The molecule has 0 aliphatic rings. The van der Waals surface area contributed by atoms with Crippen LogP contribution in [-0.2, 0) is 6.54 Å². The summed E-state index contributed by atoms with van der Waals surface area (Å²) in [7, 11) is 1.63. The number of benzene rings is 2. The quantitative estimate of drug-likeness (QED) is 0.558. The molecule has 0 fully saturated rings. The fourth-order valence-corrected chi connectivity index (χ4v) is 2.57. The van der Waals surface area contributed by atoms with Gasteiger partial charge in [-0.05, 0) is 42.0 Å². The number of aromatic nitrogens is 1. The first-order chi connectivity index (χ1) is 13.7. The number of ether oxygens (including phenoxy) is 2. The van der Waals surface area contributed by atoms with Gasteiger partial charge in [-0.15, -0.1) is 0 Å². The van der Waals surface area contributed by atoms with Crippen molar-refractivity contribution in [1.29, 1.82) is 0 Å². The molecule has 28 heavy (non-hydrogen) atoms. The summed E-state index contributed by atoms with van der Waals surface area (Å²) in [4.78, 5) is 16.4. The van der Waals surface area contributed by atoms with Crippen molar-refractivity contribution >= 4 is 11.6 Å². The van der Waals surface area contributed by atoms with Crippen LogP contribution in [0, 0.1) is 0 Å². The van der Waals surface area contributed by atoms with E-state index in [0.717, 1.165) is 22.7 Å². The van der Waals surface area contributed by atoms with E-state index >= 15 is 0 Å². The zero-order valence-corrected chi connectivity index (χ0v) is 15.7. The van der Waals surface area contributed by atoms with Crippen LogP contribution in [0.1, 0.15) is 16.1 Å². The highest BCUT2D eigenvalue weighted by atomic mass is 16.5. The highest BCUT2D eigenvalue weighted by Crippen LogP contribution is 2.17. The van der Waals surface area contributed by atoms with E-state index in [0.29, 0.717) is 25.4 Å². The fraction of sp³-hybridized carbons (Fsp3) is 0.182. The van der Waals surface area contributed by atoms with Gasteiger partial charge in [0.05, 0.1) is 7.11 Å². The van der Waals surface area contributed by atoms with Crippen molar-refractivity contribution in [2.75, 3.05) is 25.6 Å². The lowest BCUT2D eigenvalue weighted by Gasteiger charge is -2.10. The van der Waals surface area contributed by atoms with Gasteiger partial charge in [0.25, 0.3) is 5.91 Å². The molecule has 6 heteroatoms. The predicted molar refractivity (Wildman–Crippen MR) is 109 cm³/mol. The molecule has 144 valence electrons. The molecule has 0 bridgehead atoms. The molecule has 2 N–H and O–H groups in total. The van der Waals surface area contributed by atoms with Crippen LogP contribution < -0.4 is 20.1 Å². The summed E-state index contributed by atoms with van der Waals surface area (Å²) in [6.45, 7) is 1.56. The Morgan fingerprint density at radius 1 is 1.00 bits per heavy atom. The number of methoxy groups -OCH3 is 1. The highest BCUT2D eigenvalue weighted by Gasteiger charge is 2.07. The minimum absolute atomic E-state index is 0.206. The predicted octanol–water partition coefficient (Wildman–Crippen LogP) is 3.51. The Bertz CT molecular complexity index is 883. The highest BCUT2D eigenvalue weighted by molar-refractivity contribution is 5.93. The molecule has 2 aromatic carbocycles. The Balaban J connectivity index is 1.45. The van der Waals surface area contributed by atoms with E-state index in [1.54, 1.807) is 19.4 Å². The first kappa shape index (κ1) is 19.2. The van der Waals surface area contributed by atoms with Gasteiger partial charge in [-0.1, -0.05) is 30.3 Å². The van der Waals surface area contributed by atoms with Crippen molar-refractivity contribution in [3.05, 3.63) is 84.2 Å². The second-order valence-corrected chi connectivity index (χ2v) is 6.05. The maximum absolute atomic E-state index is 12.3. The molecule has 0 unspecified atom stereocenters. The Labute approximate surface area is 164 Å². The van der Waals surface area contributed by atoms with Crippen LogP contribution in [0.2, 0.25) is 0 Å². The molecule has 3 aromatic rings. The van der Waals surface area contributed by atoms with Crippen LogP contribution in [-0.4, -0.2) is 31.2 Å². The molecular weight excluding hydrogens is 354 g/mol. The van der Waals surface area contributed by atoms with Crippen LogP contribution in [0.3, 0.4) is 0 Å². The maximum atomic E-state index is 12.3. The number of nitrogens with zero attached hydrogens (tertiary/aromatic N) is 1. The second kappa shape index (κ2) is 9.97. The van der Waals surface area contributed by atoms with E-state index in [2.05, 4.69) is 15.6 Å². The summed E-state index contributed by atoms with van der Waals surface area (Å²) in [5.74, 6) is 1.36. The van der Waals surface area contributed by atoms with Crippen molar-refractivity contribution in [2.45, 2.75) is 6.54 Å². The van der Waals surface area contributed by atoms with Gasteiger partial charge in [-0.25, -0.2) is 0 Å². The maximum Gasteiger partial charge on any atom is 0.270 e. The molecule has 0 aliphatic carbocycles. The zero-order chi connectivity index (χ0) is 19.6. The average Bonchev–Trinajstić information content (AvgIpc) is 2.76. The zero-order valence-electron chi connectivity index (χ0n) is 15.7. The van der Waals surface area contributed by atoms with Gasteiger partial charge in [-0.2, -0.15) is 0 Å². The standard InChI is InChI=1S/C22H23N3O3/c1-27-19-7-9-20(10-8-19)28-14-13-23-18-11-12-24-21(15-18)22(26)25-16-17-5-3-2-4-6-17/h2-12,15H,13-14,16H2,1H3,(H,23,24)(H,25,26). The van der Waals surface area contributed by atoms with Crippen molar-refractivity contribution in [3.8, 4) is 11.5 Å².